The van der Waals surface area contributed by atoms with Crippen molar-refractivity contribution >= 4 is 0 Å². The van der Waals surface area contributed by atoms with Crippen LogP contribution in [0.1, 0.15) is 104 Å². The van der Waals surface area contributed by atoms with Crippen molar-refractivity contribution in [3.05, 3.63) is 25.3 Å². The minimum absolute atomic E-state index is 1.31. The summed E-state index contributed by atoms with van der Waals surface area (Å²) in [7, 11) is 0. The van der Waals surface area contributed by atoms with Crippen LogP contribution in [0, 0.1) is 0 Å². The minimum Gasteiger partial charge on any atom is -0.106 e. The minimum atomic E-state index is 1.31. The number of hydrogen-bond donors (Lipinski definition) is 0. The Kier molecular flexibility index (Phi) is 25.7. The van der Waals surface area contributed by atoms with Crippen LogP contribution in [-0.4, -0.2) is 0 Å². The zero-order chi connectivity index (χ0) is 15.3. The molecule has 0 rings (SSSR count). The third kappa shape index (κ3) is 22.6. The van der Waals surface area contributed by atoms with Crippen LogP contribution in [0.5, 0.6) is 0 Å². The molecule has 20 heavy (non-hydrogen) atoms. The second kappa shape index (κ2) is 23.6. The van der Waals surface area contributed by atoms with Gasteiger partial charge in [-0.25, -0.2) is 0 Å². The van der Waals surface area contributed by atoms with E-state index in [1.165, 1.54) is 89.9 Å². The maximum Gasteiger partial charge on any atom is -0.0351 e. The van der Waals surface area contributed by atoms with Gasteiger partial charge in [0.1, 0.15) is 0 Å². The quantitative estimate of drug-likeness (QED) is 0.224. The van der Waals surface area contributed by atoms with Crippen LogP contribution in [0.2, 0.25) is 0 Å². The molecule has 0 atom stereocenters. The van der Waals surface area contributed by atoms with Gasteiger partial charge in [-0.2, -0.15) is 0 Å². The highest BCUT2D eigenvalue weighted by atomic mass is 14.0. The SMILES string of the molecule is C=C.CCCCCCCC/C=C/CCCCCCCC. The van der Waals surface area contributed by atoms with Gasteiger partial charge < -0.3 is 0 Å². The summed E-state index contributed by atoms with van der Waals surface area (Å²) in [5, 5.41) is 0. The van der Waals surface area contributed by atoms with Crippen molar-refractivity contribution in [1.82, 2.24) is 0 Å². The van der Waals surface area contributed by atoms with E-state index in [9.17, 15) is 0 Å². The number of allylic oxidation sites excluding steroid dienone is 2. The van der Waals surface area contributed by atoms with Gasteiger partial charge in [-0.3, -0.25) is 0 Å². The predicted octanol–water partition coefficient (Wildman–Crippen LogP) is 7.85. The summed E-state index contributed by atoms with van der Waals surface area (Å²) in [6.07, 6.45) is 24.4. The number of unbranched alkanes of at least 4 members (excludes halogenated alkanes) is 12. The fourth-order valence-electron chi connectivity index (χ4n) is 2.32. The summed E-state index contributed by atoms with van der Waals surface area (Å²) < 4.78 is 0. The fourth-order valence-corrected chi connectivity index (χ4v) is 2.32. The monoisotopic (exact) mass is 280 g/mol. The summed E-state index contributed by atoms with van der Waals surface area (Å²) in [5.41, 5.74) is 0. The second-order valence-electron chi connectivity index (χ2n) is 5.58. The average Bonchev–Trinajstić information content (AvgIpc) is 2.50. The van der Waals surface area contributed by atoms with Crippen molar-refractivity contribution in [2.45, 2.75) is 104 Å². The molecule has 0 unspecified atom stereocenters. The largest absolute Gasteiger partial charge is 0.106 e. The van der Waals surface area contributed by atoms with E-state index in [4.69, 9.17) is 0 Å². The number of hydrogen-bond acceptors (Lipinski definition) is 0. The summed E-state index contributed by atoms with van der Waals surface area (Å²) in [5.74, 6) is 0. The zero-order valence-corrected chi connectivity index (χ0v) is 14.5. The van der Waals surface area contributed by atoms with Crippen molar-refractivity contribution in [2.75, 3.05) is 0 Å². The summed E-state index contributed by atoms with van der Waals surface area (Å²) in [6.45, 7) is 10.6. The highest BCUT2D eigenvalue weighted by Crippen LogP contribution is 2.09. The molecule has 0 amide bonds. The van der Waals surface area contributed by atoms with Crippen LogP contribution in [0.4, 0.5) is 0 Å². The van der Waals surface area contributed by atoms with E-state index >= 15 is 0 Å². The van der Waals surface area contributed by atoms with Crippen LogP contribution >= 0.6 is 0 Å². The first-order chi connectivity index (χ1) is 9.91. The highest BCUT2D eigenvalue weighted by molar-refractivity contribution is 4.81. The summed E-state index contributed by atoms with van der Waals surface area (Å²) in [6, 6.07) is 0. The van der Waals surface area contributed by atoms with Crippen LogP contribution in [0.15, 0.2) is 25.3 Å². The Hall–Kier alpha value is -0.520. The van der Waals surface area contributed by atoms with Crippen molar-refractivity contribution in [3.63, 3.8) is 0 Å². The molecule has 0 aliphatic heterocycles. The Bertz CT molecular complexity index is 151. The van der Waals surface area contributed by atoms with Gasteiger partial charge in [0.25, 0.3) is 0 Å². The first-order valence-electron chi connectivity index (χ1n) is 9.06. The third-order valence-electron chi connectivity index (χ3n) is 3.62. The van der Waals surface area contributed by atoms with Gasteiger partial charge >= 0.3 is 0 Å². The molecular formula is C20H40. The lowest BCUT2D eigenvalue weighted by atomic mass is 10.1. The maximum absolute atomic E-state index is 3.00. The lowest BCUT2D eigenvalue weighted by Crippen LogP contribution is -1.79. The van der Waals surface area contributed by atoms with Crippen molar-refractivity contribution in [1.29, 1.82) is 0 Å². The Morgan fingerprint density at radius 1 is 0.500 bits per heavy atom. The van der Waals surface area contributed by atoms with Gasteiger partial charge in [-0.15, -0.1) is 13.2 Å². The van der Waals surface area contributed by atoms with E-state index in [1.54, 1.807) is 0 Å². The molecule has 0 saturated carbocycles. The maximum atomic E-state index is 3.00. The molecule has 0 aromatic heterocycles. The summed E-state index contributed by atoms with van der Waals surface area (Å²) in [4.78, 5) is 0. The molecule has 0 spiro atoms. The zero-order valence-electron chi connectivity index (χ0n) is 14.5. The van der Waals surface area contributed by atoms with E-state index < -0.39 is 0 Å². The van der Waals surface area contributed by atoms with Gasteiger partial charge in [0.15, 0.2) is 0 Å². The molecule has 0 bridgehead atoms. The molecule has 0 nitrogen and oxygen atoms in total. The first-order valence-corrected chi connectivity index (χ1v) is 9.06. The van der Waals surface area contributed by atoms with E-state index in [0.29, 0.717) is 0 Å². The third-order valence-corrected chi connectivity index (χ3v) is 3.62. The predicted molar refractivity (Wildman–Crippen MR) is 96.4 cm³/mol. The van der Waals surface area contributed by atoms with E-state index in [-0.39, 0.29) is 0 Å². The van der Waals surface area contributed by atoms with E-state index in [0.717, 1.165) is 0 Å². The molecule has 0 aromatic rings. The molecule has 120 valence electrons. The van der Waals surface area contributed by atoms with Crippen LogP contribution in [0.3, 0.4) is 0 Å². The molecule has 0 fully saturated rings. The summed E-state index contributed by atoms with van der Waals surface area (Å²) >= 11 is 0. The average molecular weight is 281 g/mol. The Balaban J connectivity index is 0. The van der Waals surface area contributed by atoms with Gasteiger partial charge in [0.05, 0.1) is 0 Å². The van der Waals surface area contributed by atoms with Gasteiger partial charge in [-0.1, -0.05) is 90.2 Å². The van der Waals surface area contributed by atoms with E-state index in [1.807, 2.05) is 0 Å². The highest BCUT2D eigenvalue weighted by Gasteiger charge is 1.89. The molecule has 0 aliphatic carbocycles. The van der Waals surface area contributed by atoms with Gasteiger partial charge in [-0.05, 0) is 25.7 Å². The van der Waals surface area contributed by atoms with Crippen LogP contribution in [0.25, 0.3) is 0 Å². The molecule has 0 heteroatoms. The molecule has 0 saturated heterocycles. The van der Waals surface area contributed by atoms with Gasteiger partial charge in [0.2, 0.25) is 0 Å². The number of rotatable bonds is 14. The molecule has 0 N–H and O–H groups in total. The Morgan fingerprint density at radius 3 is 1.15 bits per heavy atom. The van der Waals surface area contributed by atoms with Crippen molar-refractivity contribution in [3.8, 4) is 0 Å². The van der Waals surface area contributed by atoms with Gasteiger partial charge in [0, 0.05) is 0 Å². The molecule has 0 aliphatic rings. The molecule has 0 heterocycles. The standard InChI is InChI=1S/C18H36.C2H4/c1-3-5-7-9-11-13-15-17-18-16-14-12-10-8-6-4-2;1-2/h17-18H,3-16H2,1-2H3;1-2H2/b18-17+;. The molecule has 0 radical (unpaired) electrons. The Morgan fingerprint density at radius 2 is 0.800 bits per heavy atom. The normalized spacial score (nSPS) is 10.5. The van der Waals surface area contributed by atoms with Crippen LogP contribution < -0.4 is 0 Å². The topological polar surface area (TPSA) is 0 Å². The lowest BCUT2D eigenvalue weighted by Gasteiger charge is -1.98. The van der Waals surface area contributed by atoms with E-state index in [2.05, 4.69) is 39.2 Å². The first kappa shape index (κ1) is 21.8. The smallest absolute Gasteiger partial charge is 0.0351 e. The molecular weight excluding hydrogens is 240 g/mol. The lowest BCUT2D eigenvalue weighted by molar-refractivity contribution is 0.606. The van der Waals surface area contributed by atoms with Crippen molar-refractivity contribution < 1.29 is 0 Å². The Labute approximate surface area is 129 Å². The molecule has 0 aromatic carbocycles. The second-order valence-corrected chi connectivity index (χ2v) is 5.58. The van der Waals surface area contributed by atoms with Crippen LogP contribution in [-0.2, 0) is 0 Å². The fraction of sp³-hybridized carbons (Fsp3) is 0.800. The van der Waals surface area contributed by atoms with Crippen molar-refractivity contribution in [2.24, 2.45) is 0 Å².